The molecule has 0 aliphatic carbocycles. The molecule has 1 amide bonds. The molecule has 0 saturated carbocycles. The van der Waals surface area contributed by atoms with Crippen molar-refractivity contribution in [1.82, 2.24) is 0 Å². The van der Waals surface area contributed by atoms with Gasteiger partial charge in [-0.2, -0.15) is 0 Å². The lowest BCUT2D eigenvalue weighted by Gasteiger charge is -2.28. The number of amides is 1. The number of fused-ring (bicyclic) bond motifs is 1. The summed E-state index contributed by atoms with van der Waals surface area (Å²) in [6.07, 6.45) is 0. The van der Waals surface area contributed by atoms with Crippen LogP contribution in [0.5, 0.6) is 0 Å². The fraction of sp³-hybridized carbons (Fsp3) is 0.167. The molecular formula is C24H18Cl3NO3. The largest absolute Gasteiger partial charge is 0.375 e. The fourth-order valence-corrected chi connectivity index (χ4v) is 4.36. The Morgan fingerprint density at radius 3 is 2.35 bits per heavy atom. The first kappa shape index (κ1) is 21.8. The first-order chi connectivity index (χ1) is 14.7. The molecule has 0 spiro atoms. The minimum absolute atomic E-state index is 0.177. The van der Waals surface area contributed by atoms with Crippen LogP contribution < -0.4 is 4.90 Å². The number of aliphatic hydroxyl groups is 1. The summed E-state index contributed by atoms with van der Waals surface area (Å²) in [5.74, 6) is -1.92. The summed E-state index contributed by atoms with van der Waals surface area (Å²) in [6.45, 7) is 1.74. The van der Waals surface area contributed by atoms with Crippen LogP contribution in [0, 0.1) is 5.92 Å². The molecule has 31 heavy (non-hydrogen) atoms. The molecule has 0 bridgehead atoms. The van der Waals surface area contributed by atoms with Crippen LogP contribution in [0.3, 0.4) is 0 Å². The summed E-state index contributed by atoms with van der Waals surface area (Å²) < 4.78 is 0. The van der Waals surface area contributed by atoms with Gasteiger partial charge in [-0.15, -0.1) is 0 Å². The average molecular weight is 475 g/mol. The molecule has 1 aliphatic rings. The van der Waals surface area contributed by atoms with Crippen molar-refractivity contribution in [1.29, 1.82) is 0 Å². The standard InChI is InChI=1S/C24H18Cl3NO3/c1-14(22(29)16-7-9-17(25)10-8-16)24(31)18-4-2-3-5-21(18)28(23(24)30)13-15-6-11-19(26)20(27)12-15/h2-12,14,31H,13H2,1H3. The third kappa shape index (κ3) is 3.74. The molecule has 4 rings (SSSR count). The number of carbonyl (C=O) groups is 2. The molecule has 3 aromatic carbocycles. The molecular weight excluding hydrogens is 457 g/mol. The molecule has 2 atom stereocenters. The summed E-state index contributed by atoms with van der Waals surface area (Å²) in [5.41, 5.74) is 0.0764. The second kappa shape index (κ2) is 8.29. The second-order valence-electron chi connectivity index (χ2n) is 7.52. The topological polar surface area (TPSA) is 57.6 Å². The van der Waals surface area contributed by atoms with Gasteiger partial charge in [0.1, 0.15) is 0 Å². The highest BCUT2D eigenvalue weighted by Gasteiger charge is 2.55. The number of para-hydroxylation sites is 1. The van der Waals surface area contributed by atoms with Crippen molar-refractivity contribution in [3.8, 4) is 0 Å². The minimum atomic E-state index is -2.00. The Labute approximate surface area is 195 Å². The van der Waals surface area contributed by atoms with Gasteiger partial charge in [0.25, 0.3) is 5.91 Å². The van der Waals surface area contributed by atoms with Crippen LogP contribution in [0.1, 0.15) is 28.4 Å². The predicted molar refractivity (Wildman–Crippen MR) is 123 cm³/mol. The lowest BCUT2D eigenvalue weighted by atomic mass is 9.79. The summed E-state index contributed by atoms with van der Waals surface area (Å²) in [7, 11) is 0. The monoisotopic (exact) mass is 473 g/mol. The molecule has 4 nitrogen and oxygen atoms in total. The molecule has 0 radical (unpaired) electrons. The van der Waals surface area contributed by atoms with E-state index in [1.54, 1.807) is 73.7 Å². The van der Waals surface area contributed by atoms with Crippen LogP contribution in [0.4, 0.5) is 5.69 Å². The van der Waals surface area contributed by atoms with E-state index in [-0.39, 0.29) is 12.3 Å². The second-order valence-corrected chi connectivity index (χ2v) is 8.77. The first-order valence-corrected chi connectivity index (χ1v) is 10.7. The number of rotatable bonds is 5. The van der Waals surface area contributed by atoms with Gasteiger partial charge in [-0.3, -0.25) is 9.59 Å². The number of hydrogen-bond acceptors (Lipinski definition) is 3. The summed E-state index contributed by atoms with van der Waals surface area (Å²) in [6, 6.07) is 18.4. The van der Waals surface area contributed by atoms with Crippen molar-refractivity contribution in [2.75, 3.05) is 4.90 Å². The van der Waals surface area contributed by atoms with Crippen molar-refractivity contribution in [3.05, 3.63) is 98.5 Å². The van der Waals surface area contributed by atoms with Crippen molar-refractivity contribution in [3.63, 3.8) is 0 Å². The molecule has 1 N–H and O–H groups in total. The van der Waals surface area contributed by atoms with Gasteiger partial charge < -0.3 is 10.0 Å². The van der Waals surface area contributed by atoms with Crippen LogP contribution >= 0.6 is 34.8 Å². The maximum Gasteiger partial charge on any atom is 0.264 e. The minimum Gasteiger partial charge on any atom is -0.375 e. The van der Waals surface area contributed by atoms with Crippen LogP contribution in [0.2, 0.25) is 15.1 Å². The third-order valence-corrected chi connectivity index (χ3v) is 6.64. The molecule has 158 valence electrons. The van der Waals surface area contributed by atoms with E-state index in [0.717, 1.165) is 5.56 Å². The number of halogens is 3. The lowest BCUT2D eigenvalue weighted by molar-refractivity contribution is -0.139. The van der Waals surface area contributed by atoms with Gasteiger partial charge in [0.15, 0.2) is 11.4 Å². The van der Waals surface area contributed by atoms with E-state index in [4.69, 9.17) is 34.8 Å². The fourth-order valence-electron chi connectivity index (χ4n) is 3.91. The van der Waals surface area contributed by atoms with Crippen molar-refractivity contribution in [2.24, 2.45) is 5.92 Å². The maximum absolute atomic E-state index is 13.5. The smallest absolute Gasteiger partial charge is 0.264 e. The Hall–Kier alpha value is -2.37. The molecule has 2 unspecified atom stereocenters. The van der Waals surface area contributed by atoms with E-state index in [2.05, 4.69) is 0 Å². The van der Waals surface area contributed by atoms with E-state index in [9.17, 15) is 14.7 Å². The zero-order valence-electron chi connectivity index (χ0n) is 16.5. The Bertz CT molecular complexity index is 1180. The summed E-state index contributed by atoms with van der Waals surface area (Å²) >= 11 is 18.0. The normalized spacial score (nSPS) is 18.7. The maximum atomic E-state index is 13.5. The third-order valence-electron chi connectivity index (χ3n) is 5.65. The van der Waals surface area contributed by atoms with Crippen LogP contribution in [0.25, 0.3) is 0 Å². The number of hydrogen-bond donors (Lipinski definition) is 1. The van der Waals surface area contributed by atoms with Crippen molar-refractivity contribution < 1.29 is 14.7 Å². The van der Waals surface area contributed by atoms with Gasteiger partial charge in [-0.1, -0.05) is 66.0 Å². The van der Waals surface area contributed by atoms with Crippen molar-refractivity contribution >= 4 is 52.2 Å². The van der Waals surface area contributed by atoms with Gasteiger partial charge >= 0.3 is 0 Å². The average Bonchev–Trinajstić information content (AvgIpc) is 2.98. The Balaban J connectivity index is 1.72. The Morgan fingerprint density at radius 1 is 1.00 bits per heavy atom. The zero-order chi connectivity index (χ0) is 22.3. The highest BCUT2D eigenvalue weighted by molar-refractivity contribution is 6.42. The zero-order valence-corrected chi connectivity index (χ0v) is 18.7. The molecule has 7 heteroatoms. The molecule has 1 aliphatic heterocycles. The number of Topliss-reactive ketones (excluding diaryl/α,β-unsaturated/α-hetero) is 1. The quantitative estimate of drug-likeness (QED) is 0.468. The predicted octanol–water partition coefficient (Wildman–Crippen LogP) is 5.90. The van der Waals surface area contributed by atoms with E-state index in [0.29, 0.717) is 31.9 Å². The highest BCUT2D eigenvalue weighted by Crippen LogP contribution is 2.46. The van der Waals surface area contributed by atoms with Gasteiger partial charge in [-0.05, 0) is 48.0 Å². The van der Waals surface area contributed by atoms with Gasteiger partial charge in [0.05, 0.1) is 28.2 Å². The first-order valence-electron chi connectivity index (χ1n) is 9.61. The van der Waals surface area contributed by atoms with E-state index < -0.39 is 17.4 Å². The van der Waals surface area contributed by atoms with Crippen LogP contribution in [-0.4, -0.2) is 16.8 Å². The SMILES string of the molecule is CC(C(=O)c1ccc(Cl)cc1)C1(O)C(=O)N(Cc2ccc(Cl)c(Cl)c2)c2ccccc21. The van der Waals surface area contributed by atoms with Gasteiger partial charge in [0, 0.05) is 16.1 Å². The van der Waals surface area contributed by atoms with Gasteiger partial charge in [-0.25, -0.2) is 0 Å². The molecule has 1 heterocycles. The Morgan fingerprint density at radius 2 is 1.68 bits per heavy atom. The van der Waals surface area contributed by atoms with E-state index in [1.165, 1.54) is 4.90 Å². The van der Waals surface area contributed by atoms with E-state index >= 15 is 0 Å². The molecule has 0 fully saturated rings. The molecule has 0 aromatic heterocycles. The van der Waals surface area contributed by atoms with Crippen LogP contribution in [-0.2, 0) is 16.9 Å². The highest BCUT2D eigenvalue weighted by atomic mass is 35.5. The van der Waals surface area contributed by atoms with Crippen molar-refractivity contribution in [2.45, 2.75) is 19.1 Å². The number of ketones is 1. The number of anilines is 1. The summed E-state index contributed by atoms with van der Waals surface area (Å²) in [5, 5.41) is 12.9. The number of carbonyl (C=O) groups excluding carboxylic acids is 2. The molecule has 3 aromatic rings. The summed E-state index contributed by atoms with van der Waals surface area (Å²) in [4.78, 5) is 28.1. The number of nitrogens with zero attached hydrogens (tertiary/aromatic N) is 1. The Kier molecular flexibility index (Phi) is 5.84. The lowest BCUT2D eigenvalue weighted by Crippen LogP contribution is -2.47. The number of benzene rings is 3. The van der Waals surface area contributed by atoms with Gasteiger partial charge in [0.2, 0.25) is 0 Å². The van der Waals surface area contributed by atoms with E-state index in [1.807, 2.05) is 0 Å². The molecule has 0 saturated heterocycles. The van der Waals surface area contributed by atoms with Crippen LogP contribution in [0.15, 0.2) is 66.7 Å².